The van der Waals surface area contributed by atoms with Gasteiger partial charge in [-0.25, -0.2) is 0 Å². The van der Waals surface area contributed by atoms with Crippen molar-refractivity contribution in [1.82, 2.24) is 10.6 Å². The molecule has 0 rings (SSSR count). The molecule has 2 nitrogen and oxygen atoms in total. The monoisotopic (exact) mass is 144 g/mol. The van der Waals surface area contributed by atoms with Gasteiger partial charge in [-0.2, -0.15) is 0 Å². The summed E-state index contributed by atoms with van der Waals surface area (Å²) in [5, 5.41) is 6.33. The van der Waals surface area contributed by atoms with Crippen LogP contribution in [-0.4, -0.2) is 20.3 Å². The van der Waals surface area contributed by atoms with Gasteiger partial charge in [0, 0.05) is 6.67 Å². The normalized spacial score (nSPS) is 10.2. The molecule has 0 aromatic rings. The Bertz CT molecular complexity index is 47.2. The van der Waals surface area contributed by atoms with E-state index in [1.807, 2.05) is 7.05 Å². The molecule has 0 bridgehead atoms. The maximum atomic E-state index is 3.28. The first-order chi connectivity index (χ1) is 4.91. The quantitative estimate of drug-likeness (QED) is 0.416. The van der Waals surface area contributed by atoms with E-state index in [1.54, 1.807) is 0 Å². The van der Waals surface area contributed by atoms with Crippen LogP contribution in [0.1, 0.15) is 32.6 Å². The number of unbranched alkanes of at least 4 members (excludes halogenated alkanes) is 3. The van der Waals surface area contributed by atoms with Gasteiger partial charge in [0.15, 0.2) is 0 Å². The molecule has 0 heterocycles. The van der Waals surface area contributed by atoms with E-state index in [2.05, 4.69) is 17.6 Å². The Morgan fingerprint density at radius 3 is 2.50 bits per heavy atom. The highest BCUT2D eigenvalue weighted by molar-refractivity contribution is 4.45. The zero-order chi connectivity index (χ0) is 7.66. The smallest absolute Gasteiger partial charge is 0.0451 e. The van der Waals surface area contributed by atoms with Gasteiger partial charge in [-0.15, -0.1) is 0 Å². The van der Waals surface area contributed by atoms with E-state index < -0.39 is 0 Å². The van der Waals surface area contributed by atoms with Crippen molar-refractivity contribution in [3.63, 3.8) is 0 Å². The topological polar surface area (TPSA) is 24.1 Å². The molecule has 0 atom stereocenters. The lowest BCUT2D eigenvalue weighted by Crippen LogP contribution is -2.26. The number of hydrogen-bond donors (Lipinski definition) is 2. The van der Waals surface area contributed by atoms with Crippen LogP contribution in [0.15, 0.2) is 0 Å². The van der Waals surface area contributed by atoms with E-state index in [0.29, 0.717) is 0 Å². The molecule has 2 N–H and O–H groups in total. The predicted octanol–water partition coefficient (Wildman–Crippen LogP) is 1.33. The van der Waals surface area contributed by atoms with E-state index in [1.165, 1.54) is 25.7 Å². The molecular weight excluding hydrogens is 124 g/mol. The zero-order valence-electron chi connectivity index (χ0n) is 7.24. The van der Waals surface area contributed by atoms with E-state index in [9.17, 15) is 0 Å². The van der Waals surface area contributed by atoms with Crippen molar-refractivity contribution in [2.45, 2.75) is 32.6 Å². The Labute approximate surface area is 64.4 Å². The third-order valence-corrected chi connectivity index (χ3v) is 1.51. The van der Waals surface area contributed by atoms with Crippen LogP contribution >= 0.6 is 0 Å². The fraction of sp³-hybridized carbons (Fsp3) is 1.00. The van der Waals surface area contributed by atoms with Gasteiger partial charge in [-0.05, 0) is 20.0 Å². The molecule has 62 valence electrons. The Balaban J connectivity index is 2.65. The van der Waals surface area contributed by atoms with Gasteiger partial charge in [0.25, 0.3) is 0 Å². The van der Waals surface area contributed by atoms with Gasteiger partial charge < -0.3 is 10.6 Å². The SMILES string of the molecule is CCCCCCNCNC. The Morgan fingerprint density at radius 1 is 1.10 bits per heavy atom. The molecule has 0 aliphatic rings. The van der Waals surface area contributed by atoms with Crippen molar-refractivity contribution in [1.29, 1.82) is 0 Å². The lowest BCUT2D eigenvalue weighted by molar-refractivity contribution is 0.575. The first kappa shape index (κ1) is 9.92. The summed E-state index contributed by atoms with van der Waals surface area (Å²) in [5.74, 6) is 0. The van der Waals surface area contributed by atoms with Gasteiger partial charge in [-0.1, -0.05) is 26.2 Å². The fourth-order valence-electron chi connectivity index (χ4n) is 0.890. The molecule has 0 aliphatic heterocycles. The summed E-state index contributed by atoms with van der Waals surface area (Å²) < 4.78 is 0. The van der Waals surface area contributed by atoms with Gasteiger partial charge in [0.1, 0.15) is 0 Å². The van der Waals surface area contributed by atoms with Crippen LogP contribution in [-0.2, 0) is 0 Å². The Kier molecular flexibility index (Phi) is 8.85. The van der Waals surface area contributed by atoms with Gasteiger partial charge >= 0.3 is 0 Å². The van der Waals surface area contributed by atoms with E-state index in [0.717, 1.165) is 13.2 Å². The van der Waals surface area contributed by atoms with Crippen molar-refractivity contribution < 1.29 is 0 Å². The van der Waals surface area contributed by atoms with Crippen molar-refractivity contribution in [2.75, 3.05) is 20.3 Å². The fourth-order valence-corrected chi connectivity index (χ4v) is 0.890. The largest absolute Gasteiger partial charge is 0.308 e. The van der Waals surface area contributed by atoms with Crippen LogP contribution in [0.5, 0.6) is 0 Å². The summed E-state index contributed by atoms with van der Waals surface area (Å²) in [6.07, 6.45) is 5.38. The van der Waals surface area contributed by atoms with Crippen molar-refractivity contribution in [2.24, 2.45) is 0 Å². The molecule has 0 fully saturated rings. The molecule has 0 spiro atoms. The van der Waals surface area contributed by atoms with Crippen LogP contribution in [0.25, 0.3) is 0 Å². The Hall–Kier alpha value is -0.0800. The molecule has 10 heavy (non-hydrogen) atoms. The molecule has 0 saturated heterocycles. The second-order valence-electron chi connectivity index (χ2n) is 2.59. The van der Waals surface area contributed by atoms with Crippen LogP contribution in [0.2, 0.25) is 0 Å². The van der Waals surface area contributed by atoms with Gasteiger partial charge in [0.05, 0.1) is 0 Å². The lowest BCUT2D eigenvalue weighted by Gasteiger charge is -2.01. The van der Waals surface area contributed by atoms with Crippen LogP contribution in [0.4, 0.5) is 0 Å². The first-order valence-electron chi connectivity index (χ1n) is 4.27. The minimum atomic E-state index is 0.937. The zero-order valence-corrected chi connectivity index (χ0v) is 7.24. The molecule has 0 aliphatic carbocycles. The minimum Gasteiger partial charge on any atom is -0.308 e. The van der Waals surface area contributed by atoms with Crippen molar-refractivity contribution in [3.05, 3.63) is 0 Å². The van der Waals surface area contributed by atoms with E-state index >= 15 is 0 Å². The van der Waals surface area contributed by atoms with E-state index in [-0.39, 0.29) is 0 Å². The lowest BCUT2D eigenvalue weighted by atomic mass is 10.2. The summed E-state index contributed by atoms with van der Waals surface area (Å²) in [7, 11) is 1.96. The minimum absolute atomic E-state index is 0.937. The second kappa shape index (κ2) is 8.92. The summed E-state index contributed by atoms with van der Waals surface area (Å²) in [6, 6.07) is 0. The molecule has 0 saturated carbocycles. The van der Waals surface area contributed by atoms with Crippen LogP contribution in [0, 0.1) is 0 Å². The molecule has 0 unspecified atom stereocenters. The standard InChI is InChI=1S/C8H20N2/c1-3-4-5-6-7-10-8-9-2/h9-10H,3-8H2,1-2H3. The molecule has 0 amide bonds. The maximum absolute atomic E-state index is 3.28. The number of nitrogens with one attached hydrogen (secondary N) is 2. The summed E-state index contributed by atoms with van der Waals surface area (Å²) in [5.41, 5.74) is 0. The van der Waals surface area contributed by atoms with Gasteiger partial charge in [0.2, 0.25) is 0 Å². The average Bonchev–Trinajstić information content (AvgIpc) is 1.97. The highest BCUT2D eigenvalue weighted by Crippen LogP contribution is 1.96. The molecule has 2 heteroatoms. The molecule has 0 aromatic carbocycles. The molecule has 0 radical (unpaired) electrons. The first-order valence-corrected chi connectivity index (χ1v) is 4.27. The van der Waals surface area contributed by atoms with Crippen LogP contribution in [0.3, 0.4) is 0 Å². The summed E-state index contributed by atoms with van der Waals surface area (Å²) in [4.78, 5) is 0. The predicted molar refractivity (Wildman–Crippen MR) is 46.1 cm³/mol. The average molecular weight is 144 g/mol. The number of rotatable bonds is 7. The Morgan fingerprint density at radius 2 is 1.90 bits per heavy atom. The second-order valence-corrected chi connectivity index (χ2v) is 2.59. The van der Waals surface area contributed by atoms with Crippen LogP contribution < -0.4 is 10.6 Å². The van der Waals surface area contributed by atoms with E-state index in [4.69, 9.17) is 0 Å². The maximum Gasteiger partial charge on any atom is 0.0451 e. The van der Waals surface area contributed by atoms with Crippen molar-refractivity contribution in [3.8, 4) is 0 Å². The third-order valence-electron chi connectivity index (χ3n) is 1.51. The highest BCUT2D eigenvalue weighted by atomic mass is 15.0. The summed E-state index contributed by atoms with van der Waals surface area (Å²) in [6.45, 7) is 4.33. The number of hydrogen-bond acceptors (Lipinski definition) is 2. The summed E-state index contributed by atoms with van der Waals surface area (Å²) >= 11 is 0. The highest BCUT2D eigenvalue weighted by Gasteiger charge is 1.85. The molecule has 0 aromatic heterocycles. The molecular formula is C8H20N2. The third kappa shape index (κ3) is 7.92. The van der Waals surface area contributed by atoms with Gasteiger partial charge in [-0.3, -0.25) is 0 Å². The van der Waals surface area contributed by atoms with Crippen molar-refractivity contribution >= 4 is 0 Å².